The minimum Gasteiger partial charge on any atom is -0.347 e. The molecule has 1 aromatic heterocycles. The van der Waals surface area contributed by atoms with Crippen LogP contribution in [-0.4, -0.2) is 47.0 Å². The number of rotatable bonds is 8. The van der Waals surface area contributed by atoms with Gasteiger partial charge in [-0.3, -0.25) is 9.59 Å². The van der Waals surface area contributed by atoms with Crippen LogP contribution in [0.15, 0.2) is 52.7 Å². The fourth-order valence-electron chi connectivity index (χ4n) is 3.03. The van der Waals surface area contributed by atoms with Crippen molar-refractivity contribution in [3.63, 3.8) is 0 Å². The molecule has 1 atom stereocenters. The summed E-state index contributed by atoms with van der Waals surface area (Å²) in [4.78, 5) is 33.1. The van der Waals surface area contributed by atoms with Crippen molar-refractivity contribution in [2.24, 2.45) is 10.9 Å². The molecule has 6 N–H and O–H groups in total. The van der Waals surface area contributed by atoms with Crippen molar-refractivity contribution in [1.29, 1.82) is 0 Å². The highest BCUT2D eigenvalue weighted by Crippen LogP contribution is 2.20. The number of thioether (sulfide) groups is 1. The smallest absolute Gasteiger partial charge is 0.270 e. The SMILES string of the molecule is CNN/C(=N\N)c1ccc([C@H](C)NC(=O)c2cc(C(=O)NCC3=CSCC3)ncn2)cc1. The van der Waals surface area contributed by atoms with E-state index < -0.39 is 5.91 Å². The highest BCUT2D eigenvalue weighted by molar-refractivity contribution is 8.02. The molecular weight excluding hydrogens is 428 g/mol. The third kappa shape index (κ3) is 6.05. The standard InChI is InChI=1S/C21H26N8O2S/c1-13(15-3-5-16(6-4-15)19(28-22)29-23-2)27-21(31)18-9-17(25-12-26-18)20(30)24-10-14-7-8-32-11-14/h3-6,9,11-13,23H,7-8,10,22H2,1-2H3,(H,24,30)(H,27,31)(H,28,29)/t13-/m0/s1. The van der Waals surface area contributed by atoms with E-state index in [1.807, 2.05) is 31.2 Å². The largest absolute Gasteiger partial charge is 0.347 e. The number of aromatic nitrogens is 2. The van der Waals surface area contributed by atoms with Crippen LogP contribution in [0, 0.1) is 0 Å². The number of nitrogens with zero attached hydrogens (tertiary/aromatic N) is 3. The summed E-state index contributed by atoms with van der Waals surface area (Å²) in [6.07, 6.45) is 2.18. The van der Waals surface area contributed by atoms with E-state index in [2.05, 4.69) is 42.0 Å². The number of amidine groups is 1. The van der Waals surface area contributed by atoms with Gasteiger partial charge in [-0.05, 0) is 29.9 Å². The Bertz CT molecular complexity index is 1020. The first kappa shape index (κ1) is 23.2. The fraction of sp³-hybridized carbons (Fsp3) is 0.286. The molecular formula is C21H26N8O2S. The summed E-state index contributed by atoms with van der Waals surface area (Å²) in [5, 5.41) is 11.5. The highest BCUT2D eigenvalue weighted by atomic mass is 32.2. The minimum atomic E-state index is -0.394. The number of nitrogens with two attached hydrogens (primary N) is 1. The summed E-state index contributed by atoms with van der Waals surface area (Å²) in [6, 6.07) is 8.55. The third-order valence-electron chi connectivity index (χ3n) is 4.80. The lowest BCUT2D eigenvalue weighted by atomic mass is 10.1. The molecule has 1 aliphatic rings. The van der Waals surface area contributed by atoms with Crippen molar-refractivity contribution >= 4 is 29.4 Å². The first-order valence-corrected chi connectivity index (χ1v) is 11.1. The van der Waals surface area contributed by atoms with E-state index in [4.69, 9.17) is 5.84 Å². The van der Waals surface area contributed by atoms with Crippen LogP contribution in [0.2, 0.25) is 0 Å². The molecule has 0 unspecified atom stereocenters. The zero-order chi connectivity index (χ0) is 22.9. The van der Waals surface area contributed by atoms with Crippen LogP contribution in [0.25, 0.3) is 0 Å². The number of hydrazone groups is 1. The fourth-order valence-corrected chi connectivity index (χ4v) is 3.96. The van der Waals surface area contributed by atoms with Crippen molar-refractivity contribution in [1.82, 2.24) is 31.5 Å². The van der Waals surface area contributed by atoms with Crippen molar-refractivity contribution in [3.05, 3.63) is 70.2 Å². The number of benzene rings is 1. The Morgan fingerprint density at radius 1 is 1.19 bits per heavy atom. The Hall–Kier alpha value is -3.44. The van der Waals surface area contributed by atoms with Crippen molar-refractivity contribution < 1.29 is 9.59 Å². The molecule has 0 radical (unpaired) electrons. The van der Waals surface area contributed by atoms with Gasteiger partial charge in [0.1, 0.15) is 17.7 Å². The van der Waals surface area contributed by atoms with Crippen LogP contribution in [0.1, 0.15) is 51.5 Å². The maximum absolute atomic E-state index is 12.7. The second kappa shape index (κ2) is 11.3. The van der Waals surface area contributed by atoms with Gasteiger partial charge in [0, 0.05) is 31.0 Å². The maximum Gasteiger partial charge on any atom is 0.270 e. The third-order valence-corrected chi connectivity index (χ3v) is 5.74. The number of hydrogen-bond donors (Lipinski definition) is 5. The molecule has 1 aliphatic heterocycles. The van der Waals surface area contributed by atoms with Gasteiger partial charge in [0.15, 0.2) is 5.84 Å². The predicted octanol–water partition coefficient (Wildman–Crippen LogP) is 1.06. The minimum absolute atomic E-state index is 0.125. The average Bonchev–Trinajstić information content (AvgIpc) is 3.35. The summed E-state index contributed by atoms with van der Waals surface area (Å²) < 4.78 is 0. The lowest BCUT2D eigenvalue weighted by Crippen LogP contribution is -2.35. The Morgan fingerprint density at radius 2 is 1.91 bits per heavy atom. The lowest BCUT2D eigenvalue weighted by molar-refractivity contribution is 0.0934. The van der Waals surface area contributed by atoms with Gasteiger partial charge >= 0.3 is 0 Å². The van der Waals surface area contributed by atoms with Crippen LogP contribution in [0.3, 0.4) is 0 Å². The van der Waals surface area contributed by atoms with E-state index in [0.29, 0.717) is 12.4 Å². The summed E-state index contributed by atoms with van der Waals surface area (Å²) in [5.41, 5.74) is 8.76. The number of nitrogens with one attached hydrogen (secondary N) is 4. The van der Waals surface area contributed by atoms with E-state index in [0.717, 1.165) is 23.3 Å². The molecule has 32 heavy (non-hydrogen) atoms. The molecule has 2 aromatic rings. The molecule has 0 spiro atoms. The predicted molar refractivity (Wildman–Crippen MR) is 125 cm³/mol. The van der Waals surface area contributed by atoms with Crippen LogP contribution in [-0.2, 0) is 0 Å². The van der Waals surface area contributed by atoms with Gasteiger partial charge in [-0.2, -0.15) is 5.10 Å². The summed E-state index contributed by atoms with van der Waals surface area (Å²) in [5.74, 6) is 6.19. The van der Waals surface area contributed by atoms with E-state index >= 15 is 0 Å². The van der Waals surface area contributed by atoms with E-state index in [9.17, 15) is 9.59 Å². The van der Waals surface area contributed by atoms with Crippen LogP contribution < -0.4 is 27.3 Å². The topological polar surface area (TPSA) is 146 Å². The molecule has 0 bridgehead atoms. The normalized spacial score (nSPS) is 14.4. The number of carbonyl (C=O) groups is 2. The number of carbonyl (C=O) groups excluding carboxylic acids is 2. The molecule has 3 rings (SSSR count). The Morgan fingerprint density at radius 3 is 2.53 bits per heavy atom. The summed E-state index contributed by atoms with van der Waals surface area (Å²) >= 11 is 1.74. The number of hydrazine groups is 1. The molecule has 2 amide bonds. The van der Waals surface area contributed by atoms with E-state index in [-0.39, 0.29) is 23.3 Å². The molecule has 10 nitrogen and oxygen atoms in total. The van der Waals surface area contributed by atoms with Gasteiger partial charge in [-0.1, -0.05) is 24.3 Å². The van der Waals surface area contributed by atoms with Crippen molar-refractivity contribution in [2.75, 3.05) is 19.3 Å². The van der Waals surface area contributed by atoms with E-state index in [1.165, 1.54) is 18.0 Å². The molecule has 0 fully saturated rings. The molecule has 0 saturated carbocycles. The number of hydrogen-bond acceptors (Lipinski definition) is 8. The molecule has 1 aromatic carbocycles. The highest BCUT2D eigenvalue weighted by Gasteiger charge is 2.17. The van der Waals surface area contributed by atoms with Gasteiger partial charge in [-0.25, -0.2) is 15.4 Å². The van der Waals surface area contributed by atoms with Crippen molar-refractivity contribution in [2.45, 2.75) is 19.4 Å². The number of amides is 2. The first-order valence-electron chi connectivity index (χ1n) is 10.0. The zero-order valence-electron chi connectivity index (χ0n) is 17.9. The van der Waals surface area contributed by atoms with Crippen LogP contribution >= 0.6 is 11.8 Å². The van der Waals surface area contributed by atoms with E-state index in [1.54, 1.807) is 18.8 Å². The molecule has 0 aliphatic carbocycles. The summed E-state index contributed by atoms with van der Waals surface area (Å²) in [6.45, 7) is 2.34. The lowest BCUT2D eigenvalue weighted by Gasteiger charge is -2.15. The first-order chi connectivity index (χ1) is 15.5. The quantitative estimate of drug-likeness (QED) is 0.172. The Balaban J connectivity index is 1.61. The maximum atomic E-state index is 12.7. The second-order valence-electron chi connectivity index (χ2n) is 7.04. The molecule has 11 heteroatoms. The van der Waals surface area contributed by atoms with Crippen LogP contribution in [0.4, 0.5) is 0 Å². The van der Waals surface area contributed by atoms with Gasteiger partial charge < -0.3 is 21.9 Å². The monoisotopic (exact) mass is 454 g/mol. The van der Waals surface area contributed by atoms with Gasteiger partial charge in [0.05, 0.1) is 6.04 Å². The van der Waals surface area contributed by atoms with Crippen LogP contribution in [0.5, 0.6) is 0 Å². The van der Waals surface area contributed by atoms with Crippen molar-refractivity contribution in [3.8, 4) is 0 Å². The average molecular weight is 455 g/mol. The second-order valence-corrected chi connectivity index (χ2v) is 8.02. The molecule has 2 heterocycles. The zero-order valence-corrected chi connectivity index (χ0v) is 18.7. The van der Waals surface area contributed by atoms with Gasteiger partial charge in [0.2, 0.25) is 0 Å². The Kier molecular flexibility index (Phi) is 8.17. The molecule has 168 valence electrons. The summed E-state index contributed by atoms with van der Waals surface area (Å²) in [7, 11) is 1.71. The molecule has 0 saturated heterocycles. The van der Waals surface area contributed by atoms with Gasteiger partial charge in [0.25, 0.3) is 11.8 Å². The van der Waals surface area contributed by atoms with Gasteiger partial charge in [-0.15, -0.1) is 11.8 Å². The Labute approximate surface area is 190 Å².